The largest absolute Gasteiger partial charge is 0.384 e. The first-order chi connectivity index (χ1) is 9.04. The van der Waals surface area contributed by atoms with Gasteiger partial charge in [-0.25, -0.2) is 15.0 Å². The summed E-state index contributed by atoms with van der Waals surface area (Å²) in [6.07, 6.45) is 3.54. The van der Waals surface area contributed by atoms with E-state index >= 15 is 0 Å². The Kier molecular flexibility index (Phi) is 6.08. The number of nitrogen functional groups attached to an aromatic ring is 2. The zero-order valence-corrected chi connectivity index (χ0v) is 14.3. The molecule has 0 spiro atoms. The van der Waals surface area contributed by atoms with E-state index in [1.54, 1.807) is 18.5 Å². The summed E-state index contributed by atoms with van der Waals surface area (Å²) in [6, 6.07) is 5.76. The first-order valence-corrected chi connectivity index (χ1v) is 6.53. The molecule has 3 rings (SSSR count). The Hall–Kier alpha value is -1.48. The summed E-state index contributed by atoms with van der Waals surface area (Å²) < 4.78 is 1.06. The van der Waals surface area contributed by atoms with Gasteiger partial charge in [0.2, 0.25) is 0 Å². The zero-order valence-electron chi connectivity index (χ0n) is 11.2. The van der Waals surface area contributed by atoms with Gasteiger partial charge in [0, 0.05) is 12.4 Å². The smallest absolute Gasteiger partial charge is 0.182 e. The van der Waals surface area contributed by atoms with Crippen LogP contribution in [0, 0.1) is 13.8 Å². The van der Waals surface area contributed by atoms with E-state index in [2.05, 4.69) is 15.0 Å². The van der Waals surface area contributed by atoms with Crippen molar-refractivity contribution in [1.29, 1.82) is 0 Å². The molecule has 0 aliphatic rings. The van der Waals surface area contributed by atoms with E-state index in [4.69, 9.17) is 11.5 Å². The quantitative estimate of drug-likeness (QED) is 0.565. The second kappa shape index (κ2) is 7.34. The number of halogens is 1. The summed E-state index contributed by atoms with van der Waals surface area (Å²) in [6.45, 7) is 3.98. The Labute approximate surface area is 138 Å². The van der Waals surface area contributed by atoms with Crippen molar-refractivity contribution in [1.82, 2.24) is 15.0 Å². The van der Waals surface area contributed by atoms with E-state index in [0.717, 1.165) is 21.5 Å². The van der Waals surface area contributed by atoms with Crippen LogP contribution >= 0.6 is 35.3 Å². The fourth-order valence-corrected chi connectivity index (χ4v) is 2.21. The highest BCUT2D eigenvalue weighted by Crippen LogP contribution is 2.22. The van der Waals surface area contributed by atoms with Crippen LogP contribution in [0.25, 0.3) is 10.3 Å². The van der Waals surface area contributed by atoms with Crippen LogP contribution in [0.3, 0.4) is 0 Å². The average molecular weight is 401 g/mol. The highest BCUT2D eigenvalue weighted by atomic mass is 127. The molecule has 4 N–H and O–H groups in total. The summed E-state index contributed by atoms with van der Waals surface area (Å²) in [7, 11) is 0. The summed E-state index contributed by atoms with van der Waals surface area (Å²) in [5.74, 6) is 0.579. The zero-order chi connectivity index (χ0) is 13.8. The van der Waals surface area contributed by atoms with Gasteiger partial charge in [-0.2, -0.15) is 0 Å². The normalized spacial score (nSPS) is 9.50. The molecule has 7 heteroatoms. The van der Waals surface area contributed by atoms with Gasteiger partial charge in [-0.1, -0.05) is 17.4 Å². The lowest BCUT2D eigenvalue weighted by Gasteiger charge is -1.89. The van der Waals surface area contributed by atoms with Crippen LogP contribution in [-0.2, 0) is 0 Å². The first kappa shape index (κ1) is 16.6. The lowest BCUT2D eigenvalue weighted by Crippen LogP contribution is -1.87. The van der Waals surface area contributed by atoms with Crippen LogP contribution in [0.5, 0.6) is 0 Å². The molecule has 0 bridgehead atoms. The second-order valence-electron chi connectivity index (χ2n) is 4.15. The average Bonchev–Trinajstić information content (AvgIpc) is 2.73. The fraction of sp³-hybridized carbons (Fsp3) is 0.154. The van der Waals surface area contributed by atoms with Gasteiger partial charge in [0.05, 0.1) is 4.70 Å². The number of hydrogen-bond donors (Lipinski definition) is 2. The van der Waals surface area contributed by atoms with E-state index < -0.39 is 0 Å². The van der Waals surface area contributed by atoms with Crippen molar-refractivity contribution in [2.45, 2.75) is 13.8 Å². The minimum absolute atomic E-state index is 0. The number of thiazole rings is 1. The van der Waals surface area contributed by atoms with Gasteiger partial charge in [0.25, 0.3) is 0 Å². The highest BCUT2D eigenvalue weighted by molar-refractivity contribution is 14.0. The van der Waals surface area contributed by atoms with Gasteiger partial charge in [-0.15, -0.1) is 24.0 Å². The topological polar surface area (TPSA) is 90.7 Å². The number of hydrogen-bond acceptors (Lipinski definition) is 6. The van der Waals surface area contributed by atoms with Crippen LogP contribution in [0.2, 0.25) is 0 Å². The van der Waals surface area contributed by atoms with Crippen LogP contribution in [0.4, 0.5) is 10.9 Å². The molecule has 3 aromatic heterocycles. The van der Waals surface area contributed by atoms with Crippen LogP contribution in [-0.4, -0.2) is 15.0 Å². The predicted octanol–water partition coefficient (Wildman–Crippen LogP) is 3.17. The van der Waals surface area contributed by atoms with Gasteiger partial charge in [-0.3, -0.25) is 0 Å². The van der Waals surface area contributed by atoms with Crippen LogP contribution < -0.4 is 11.5 Å². The molecule has 106 valence electrons. The van der Waals surface area contributed by atoms with Crippen molar-refractivity contribution >= 4 is 56.6 Å². The number of aromatic nitrogens is 3. The standard InChI is InChI=1S/C7H7N3S.C6H8N2.HI/c1-4-2-5-6(9-3-4)10-7(8)11-5;1-5-2-3-6(7)8-4-5;/h2-3H,1H3,(H2,8,9,10);2-4H,1H3,(H2,7,8);1H. The molecule has 5 nitrogen and oxygen atoms in total. The van der Waals surface area contributed by atoms with E-state index in [1.165, 1.54) is 11.3 Å². The molecule has 0 aliphatic carbocycles. The Morgan fingerprint density at radius 1 is 1.00 bits per heavy atom. The molecule has 0 radical (unpaired) electrons. The van der Waals surface area contributed by atoms with E-state index in [-0.39, 0.29) is 24.0 Å². The number of anilines is 2. The molecule has 0 amide bonds. The maximum absolute atomic E-state index is 5.51. The minimum Gasteiger partial charge on any atom is -0.384 e. The third-order valence-corrected chi connectivity index (χ3v) is 3.16. The fourth-order valence-electron chi connectivity index (χ4n) is 1.41. The molecule has 0 fully saturated rings. The minimum atomic E-state index is 0. The number of aryl methyl sites for hydroxylation is 2. The molecule has 0 aromatic carbocycles. The Morgan fingerprint density at radius 2 is 1.70 bits per heavy atom. The summed E-state index contributed by atoms with van der Waals surface area (Å²) >= 11 is 1.47. The molecule has 0 saturated carbocycles. The van der Waals surface area contributed by atoms with Crippen LogP contribution in [0.15, 0.2) is 30.6 Å². The van der Waals surface area contributed by atoms with Gasteiger partial charge in [0.1, 0.15) is 5.82 Å². The lowest BCUT2D eigenvalue weighted by atomic mass is 10.3. The first-order valence-electron chi connectivity index (χ1n) is 5.71. The van der Waals surface area contributed by atoms with E-state index in [9.17, 15) is 0 Å². The van der Waals surface area contributed by atoms with Gasteiger partial charge in [0.15, 0.2) is 10.8 Å². The number of nitrogens with zero attached hydrogens (tertiary/aromatic N) is 3. The van der Waals surface area contributed by atoms with E-state index in [0.29, 0.717) is 10.9 Å². The number of fused-ring (bicyclic) bond motifs is 1. The third-order valence-electron chi connectivity index (χ3n) is 2.33. The van der Waals surface area contributed by atoms with Crippen molar-refractivity contribution in [3.63, 3.8) is 0 Å². The summed E-state index contributed by atoms with van der Waals surface area (Å²) in [4.78, 5) is 12.0. The van der Waals surface area contributed by atoms with Crippen molar-refractivity contribution in [2.24, 2.45) is 0 Å². The van der Waals surface area contributed by atoms with Crippen molar-refractivity contribution in [2.75, 3.05) is 11.5 Å². The maximum Gasteiger partial charge on any atom is 0.182 e. The number of nitrogens with two attached hydrogens (primary N) is 2. The van der Waals surface area contributed by atoms with E-state index in [1.807, 2.05) is 26.0 Å². The Morgan fingerprint density at radius 3 is 2.30 bits per heavy atom. The van der Waals surface area contributed by atoms with Gasteiger partial charge >= 0.3 is 0 Å². The molecule has 0 aliphatic heterocycles. The second-order valence-corrected chi connectivity index (χ2v) is 5.21. The molecule has 0 unspecified atom stereocenters. The molecular formula is C13H16IN5S. The predicted molar refractivity (Wildman–Crippen MR) is 95.4 cm³/mol. The molecular weight excluding hydrogens is 385 g/mol. The molecule has 20 heavy (non-hydrogen) atoms. The van der Waals surface area contributed by atoms with Crippen molar-refractivity contribution in [3.8, 4) is 0 Å². The van der Waals surface area contributed by atoms with Gasteiger partial charge in [-0.05, 0) is 37.1 Å². The number of rotatable bonds is 0. The summed E-state index contributed by atoms with van der Waals surface area (Å²) in [5.41, 5.74) is 13.8. The molecule has 0 saturated heterocycles. The van der Waals surface area contributed by atoms with Crippen molar-refractivity contribution < 1.29 is 0 Å². The monoisotopic (exact) mass is 401 g/mol. The molecule has 3 aromatic rings. The molecule has 0 atom stereocenters. The van der Waals surface area contributed by atoms with Gasteiger partial charge < -0.3 is 11.5 Å². The summed E-state index contributed by atoms with van der Waals surface area (Å²) in [5, 5.41) is 0.582. The number of pyridine rings is 2. The Balaban J connectivity index is 0.000000200. The SMILES string of the molecule is Cc1ccc(N)nc1.Cc1cnc2nc(N)sc2c1.I. The lowest BCUT2D eigenvalue weighted by molar-refractivity contribution is 1.28. The highest BCUT2D eigenvalue weighted by Gasteiger charge is 2.00. The third kappa shape index (κ3) is 4.57. The maximum atomic E-state index is 5.51. The van der Waals surface area contributed by atoms with Crippen LogP contribution in [0.1, 0.15) is 11.1 Å². The molecule has 3 heterocycles. The van der Waals surface area contributed by atoms with Crippen molar-refractivity contribution in [3.05, 3.63) is 41.7 Å². The Bertz CT molecular complexity index is 660.